The molecule has 0 saturated carbocycles. The molecule has 0 atom stereocenters. The van der Waals surface area contributed by atoms with Crippen LogP contribution >= 0.6 is 27.5 Å². The number of hydrogen-bond donors (Lipinski definition) is 0. The number of pyridine rings is 1. The average Bonchev–Trinajstić information content (AvgIpc) is 2.17. The van der Waals surface area contributed by atoms with Crippen LogP contribution in [0.3, 0.4) is 0 Å². The summed E-state index contributed by atoms with van der Waals surface area (Å²) in [5.41, 5.74) is 0. The maximum absolute atomic E-state index is 5.38. The van der Waals surface area contributed by atoms with E-state index < -0.39 is 0 Å². The van der Waals surface area contributed by atoms with Crippen molar-refractivity contribution in [1.29, 1.82) is 0 Å². The van der Waals surface area contributed by atoms with Crippen molar-refractivity contribution in [3.05, 3.63) is 29.0 Å². The van der Waals surface area contributed by atoms with Gasteiger partial charge in [-0.15, -0.1) is 11.6 Å². The Hall–Kier alpha value is -0.0800. The quantitative estimate of drug-likeness (QED) is 0.587. The molecular weight excluding hydrogens is 249 g/mol. The van der Waals surface area contributed by atoms with Gasteiger partial charge in [0.1, 0.15) is 0 Å². The molecule has 0 spiro atoms. The van der Waals surface area contributed by atoms with E-state index in [4.69, 9.17) is 11.6 Å². The molecule has 13 heavy (non-hydrogen) atoms. The first-order chi connectivity index (χ1) is 6.31. The van der Waals surface area contributed by atoms with Crippen LogP contribution in [0.2, 0.25) is 0 Å². The van der Waals surface area contributed by atoms with Crippen LogP contribution in [0.4, 0.5) is 0 Å². The summed E-state index contributed by atoms with van der Waals surface area (Å²) in [7, 11) is 0. The molecule has 0 N–H and O–H groups in total. The summed E-state index contributed by atoms with van der Waals surface area (Å²) >= 11 is 8.63. The zero-order valence-corrected chi connectivity index (χ0v) is 10.2. The van der Waals surface area contributed by atoms with Crippen LogP contribution in [0.25, 0.3) is 0 Å². The number of unbranched alkanes of at least 4 members (excludes halogenated alkanes) is 2. The van der Waals surface area contributed by atoms with Gasteiger partial charge in [0.25, 0.3) is 0 Å². The van der Waals surface area contributed by atoms with Gasteiger partial charge in [-0.1, -0.05) is 19.8 Å². The molecule has 0 aliphatic rings. The SMILES string of the molecule is Brc1cccnc1.CCCCCCl. The number of hydrogen-bond acceptors (Lipinski definition) is 1. The molecule has 1 aromatic heterocycles. The molecule has 0 aromatic carbocycles. The van der Waals surface area contributed by atoms with E-state index in [1.165, 1.54) is 19.3 Å². The molecule has 0 amide bonds. The largest absolute Gasteiger partial charge is 0.264 e. The Balaban J connectivity index is 0.000000226. The standard InChI is InChI=1S/C5H4BrN.C5H11Cl/c6-5-2-1-3-7-4-5;1-2-3-4-5-6/h1-4H;2-5H2,1H3. The van der Waals surface area contributed by atoms with E-state index in [0.29, 0.717) is 0 Å². The number of nitrogens with zero attached hydrogens (tertiary/aromatic N) is 1. The van der Waals surface area contributed by atoms with Crippen molar-refractivity contribution in [2.75, 3.05) is 5.88 Å². The lowest BCUT2D eigenvalue weighted by Gasteiger charge is -1.84. The fourth-order valence-electron chi connectivity index (χ4n) is 0.686. The Kier molecular flexibility index (Phi) is 9.94. The fourth-order valence-corrected chi connectivity index (χ4v) is 1.15. The molecule has 0 unspecified atom stereocenters. The summed E-state index contributed by atoms with van der Waals surface area (Å²) in [6.45, 7) is 2.17. The zero-order chi connectivity index (χ0) is 9.94. The molecule has 0 aliphatic heterocycles. The zero-order valence-electron chi connectivity index (χ0n) is 7.84. The van der Waals surface area contributed by atoms with Gasteiger partial charge in [-0.25, -0.2) is 0 Å². The van der Waals surface area contributed by atoms with E-state index in [9.17, 15) is 0 Å². The molecule has 74 valence electrons. The lowest BCUT2D eigenvalue weighted by atomic mass is 10.3. The minimum atomic E-state index is 0.827. The molecule has 0 radical (unpaired) electrons. The monoisotopic (exact) mass is 263 g/mol. The Morgan fingerprint density at radius 1 is 1.46 bits per heavy atom. The molecule has 3 heteroatoms. The van der Waals surface area contributed by atoms with Gasteiger partial charge in [0, 0.05) is 22.7 Å². The molecule has 0 aliphatic carbocycles. The minimum absolute atomic E-state index is 0.827. The van der Waals surface area contributed by atoms with Crippen LogP contribution in [-0.2, 0) is 0 Å². The summed E-state index contributed by atoms with van der Waals surface area (Å²) in [6, 6.07) is 3.82. The highest BCUT2D eigenvalue weighted by molar-refractivity contribution is 9.10. The molecule has 1 rings (SSSR count). The first-order valence-corrected chi connectivity index (χ1v) is 5.75. The summed E-state index contributed by atoms with van der Waals surface area (Å²) in [5, 5.41) is 0. The minimum Gasteiger partial charge on any atom is -0.264 e. The molecule has 0 bridgehead atoms. The van der Waals surface area contributed by atoms with Crippen molar-refractivity contribution in [2.45, 2.75) is 26.2 Å². The molecule has 0 saturated heterocycles. The average molecular weight is 265 g/mol. The highest BCUT2D eigenvalue weighted by atomic mass is 79.9. The smallest absolute Gasteiger partial charge is 0.0410 e. The molecule has 1 heterocycles. The van der Waals surface area contributed by atoms with Crippen LogP contribution in [-0.4, -0.2) is 10.9 Å². The van der Waals surface area contributed by atoms with Gasteiger partial charge in [0.2, 0.25) is 0 Å². The highest BCUT2D eigenvalue weighted by Crippen LogP contribution is 2.02. The van der Waals surface area contributed by atoms with E-state index in [1.54, 1.807) is 12.4 Å². The van der Waals surface area contributed by atoms with Gasteiger partial charge in [-0.2, -0.15) is 0 Å². The Bertz CT molecular complexity index is 187. The summed E-state index contributed by atoms with van der Waals surface area (Å²) in [6.07, 6.45) is 7.22. The maximum atomic E-state index is 5.38. The van der Waals surface area contributed by atoms with Crippen molar-refractivity contribution in [3.63, 3.8) is 0 Å². The predicted octanol–water partition coefficient (Wildman–Crippen LogP) is 4.26. The third-order valence-electron chi connectivity index (χ3n) is 1.36. The van der Waals surface area contributed by atoms with E-state index in [0.717, 1.165) is 10.4 Å². The van der Waals surface area contributed by atoms with Gasteiger partial charge < -0.3 is 0 Å². The normalized spacial score (nSPS) is 8.85. The second kappa shape index (κ2) is 10.0. The van der Waals surface area contributed by atoms with Crippen molar-refractivity contribution in [1.82, 2.24) is 4.98 Å². The van der Waals surface area contributed by atoms with Crippen molar-refractivity contribution in [2.24, 2.45) is 0 Å². The lowest BCUT2D eigenvalue weighted by Crippen LogP contribution is -1.70. The van der Waals surface area contributed by atoms with Crippen LogP contribution in [0.1, 0.15) is 26.2 Å². The van der Waals surface area contributed by atoms with Crippen molar-refractivity contribution >= 4 is 27.5 Å². The summed E-state index contributed by atoms with van der Waals surface area (Å²) in [5.74, 6) is 0.827. The highest BCUT2D eigenvalue weighted by Gasteiger charge is 1.77. The molecular formula is C10H15BrClN. The Morgan fingerprint density at radius 2 is 2.23 bits per heavy atom. The Labute approximate surface area is 93.7 Å². The third kappa shape index (κ3) is 9.84. The van der Waals surface area contributed by atoms with Gasteiger partial charge in [-0.05, 0) is 34.5 Å². The summed E-state index contributed by atoms with van der Waals surface area (Å²) < 4.78 is 1.02. The number of halogens is 2. The second-order valence-electron chi connectivity index (χ2n) is 2.57. The van der Waals surface area contributed by atoms with Crippen LogP contribution in [0.15, 0.2) is 29.0 Å². The molecule has 1 aromatic rings. The van der Waals surface area contributed by atoms with Crippen molar-refractivity contribution < 1.29 is 0 Å². The summed E-state index contributed by atoms with van der Waals surface area (Å²) in [4.78, 5) is 3.84. The van der Waals surface area contributed by atoms with E-state index >= 15 is 0 Å². The van der Waals surface area contributed by atoms with E-state index in [2.05, 4.69) is 27.8 Å². The maximum Gasteiger partial charge on any atom is 0.0410 e. The van der Waals surface area contributed by atoms with Gasteiger partial charge >= 0.3 is 0 Å². The Morgan fingerprint density at radius 3 is 2.46 bits per heavy atom. The van der Waals surface area contributed by atoms with Gasteiger partial charge in [-0.3, -0.25) is 4.98 Å². The number of alkyl halides is 1. The van der Waals surface area contributed by atoms with Gasteiger partial charge in [0.15, 0.2) is 0 Å². The van der Waals surface area contributed by atoms with Crippen LogP contribution in [0, 0.1) is 0 Å². The third-order valence-corrected chi connectivity index (χ3v) is 2.10. The van der Waals surface area contributed by atoms with Crippen LogP contribution < -0.4 is 0 Å². The topological polar surface area (TPSA) is 12.9 Å². The number of rotatable bonds is 3. The van der Waals surface area contributed by atoms with E-state index in [-0.39, 0.29) is 0 Å². The molecule has 0 fully saturated rings. The predicted molar refractivity (Wildman–Crippen MR) is 62.2 cm³/mol. The van der Waals surface area contributed by atoms with Crippen LogP contribution in [0.5, 0.6) is 0 Å². The van der Waals surface area contributed by atoms with Gasteiger partial charge in [0.05, 0.1) is 0 Å². The first-order valence-electron chi connectivity index (χ1n) is 4.42. The first kappa shape index (κ1) is 12.9. The fraction of sp³-hybridized carbons (Fsp3) is 0.500. The second-order valence-corrected chi connectivity index (χ2v) is 3.86. The number of aromatic nitrogens is 1. The van der Waals surface area contributed by atoms with E-state index in [1.807, 2.05) is 12.1 Å². The van der Waals surface area contributed by atoms with Crippen molar-refractivity contribution in [3.8, 4) is 0 Å². The molecule has 1 nitrogen and oxygen atoms in total. The lowest BCUT2D eigenvalue weighted by molar-refractivity contribution is 0.776.